The van der Waals surface area contributed by atoms with Crippen LogP contribution in [0.25, 0.3) is 0 Å². The highest BCUT2D eigenvalue weighted by molar-refractivity contribution is 5.94. The van der Waals surface area contributed by atoms with Gasteiger partial charge in [-0.15, -0.1) is 0 Å². The molecule has 5 atom stereocenters. The molecule has 0 saturated carbocycles. The number of likely N-dealkylation sites (tertiary alicyclic amines) is 1. The largest absolute Gasteiger partial charge is 0.480 e. The first-order chi connectivity index (χ1) is 17.2. The molecule has 0 bridgehead atoms. The molecule has 13 heteroatoms. The second-order valence-electron chi connectivity index (χ2n) is 9.13. The zero-order valence-corrected chi connectivity index (χ0v) is 20.4. The Balaban J connectivity index is 1.67. The summed E-state index contributed by atoms with van der Waals surface area (Å²) in [5.41, 5.74) is 7.38. The molecule has 0 radical (unpaired) electrons. The molecule has 196 valence electrons. The summed E-state index contributed by atoms with van der Waals surface area (Å²) in [4.78, 5) is 66.1. The van der Waals surface area contributed by atoms with Crippen molar-refractivity contribution in [3.8, 4) is 0 Å². The van der Waals surface area contributed by atoms with E-state index in [4.69, 9.17) is 5.73 Å². The molecule has 7 N–H and O–H groups in total. The third-order valence-electron chi connectivity index (χ3n) is 6.54. The van der Waals surface area contributed by atoms with Crippen LogP contribution in [0.15, 0.2) is 25.0 Å². The highest BCUT2D eigenvalue weighted by Gasteiger charge is 2.39. The minimum absolute atomic E-state index is 0.0152. The van der Waals surface area contributed by atoms with Gasteiger partial charge in [0.15, 0.2) is 0 Å². The summed E-state index contributed by atoms with van der Waals surface area (Å²) < 4.78 is 0. The van der Waals surface area contributed by atoms with Gasteiger partial charge in [-0.25, -0.2) is 14.8 Å². The van der Waals surface area contributed by atoms with Crippen molar-refractivity contribution in [2.24, 2.45) is 11.7 Å². The predicted molar refractivity (Wildman–Crippen MR) is 128 cm³/mol. The molecule has 36 heavy (non-hydrogen) atoms. The fourth-order valence-corrected chi connectivity index (χ4v) is 4.27. The number of carboxylic acid groups (broad SMARTS) is 1. The number of aromatic nitrogens is 4. The molecule has 1 saturated heterocycles. The van der Waals surface area contributed by atoms with E-state index in [-0.39, 0.29) is 24.7 Å². The Labute approximate surface area is 208 Å². The smallest absolute Gasteiger partial charge is 0.326 e. The van der Waals surface area contributed by atoms with Gasteiger partial charge in [0.2, 0.25) is 17.7 Å². The van der Waals surface area contributed by atoms with E-state index < -0.39 is 42.0 Å². The number of nitrogens with one attached hydrogen (secondary N) is 4. The van der Waals surface area contributed by atoms with Crippen LogP contribution in [0.2, 0.25) is 0 Å². The standard InChI is InChI=1S/C23H34N8O5/c1-3-13(2)19(21(33)29-17(23(35)36)8-15-10-26-12-28-15)30-20(32)18-5-4-6-31(18)22(34)16(24)7-14-9-25-11-27-14/h9-13,16-19H,3-8,24H2,1-2H3,(H,25,27)(H,26,28)(H,29,33)(H,30,32)(H,35,36). The number of H-pyrrole nitrogens is 2. The SMILES string of the molecule is CCC(C)C(NC(=O)C1CCCN1C(=O)C(N)Cc1cnc[nH]1)C(=O)NC(Cc1cnc[nH]1)C(=O)O. The van der Waals surface area contributed by atoms with Gasteiger partial charge < -0.3 is 36.3 Å². The molecule has 3 rings (SSSR count). The van der Waals surface area contributed by atoms with E-state index in [1.165, 1.54) is 23.8 Å². The fourth-order valence-electron chi connectivity index (χ4n) is 4.27. The van der Waals surface area contributed by atoms with E-state index in [9.17, 15) is 24.3 Å². The van der Waals surface area contributed by atoms with Gasteiger partial charge in [0.1, 0.15) is 18.1 Å². The molecule has 5 unspecified atom stereocenters. The Morgan fingerprint density at radius 2 is 1.78 bits per heavy atom. The lowest BCUT2D eigenvalue weighted by molar-refractivity contribution is -0.143. The van der Waals surface area contributed by atoms with Gasteiger partial charge >= 0.3 is 5.97 Å². The van der Waals surface area contributed by atoms with Crippen molar-refractivity contribution >= 4 is 23.7 Å². The van der Waals surface area contributed by atoms with E-state index in [1.807, 2.05) is 6.92 Å². The molecular weight excluding hydrogens is 468 g/mol. The van der Waals surface area contributed by atoms with E-state index in [2.05, 4.69) is 30.6 Å². The minimum atomic E-state index is -1.20. The molecule has 0 aromatic carbocycles. The maximum atomic E-state index is 13.2. The van der Waals surface area contributed by atoms with Crippen molar-refractivity contribution in [3.05, 3.63) is 36.4 Å². The minimum Gasteiger partial charge on any atom is -0.480 e. The molecule has 1 fully saturated rings. The van der Waals surface area contributed by atoms with E-state index in [0.29, 0.717) is 37.2 Å². The van der Waals surface area contributed by atoms with Crippen LogP contribution < -0.4 is 16.4 Å². The van der Waals surface area contributed by atoms with Crippen LogP contribution in [0.3, 0.4) is 0 Å². The molecule has 0 aliphatic carbocycles. The summed E-state index contributed by atoms with van der Waals surface area (Å²) in [5, 5.41) is 14.9. The molecular formula is C23H34N8O5. The zero-order chi connectivity index (χ0) is 26.2. The number of carbonyl (C=O) groups is 4. The Bertz CT molecular complexity index is 1030. The lowest BCUT2D eigenvalue weighted by Gasteiger charge is -2.30. The van der Waals surface area contributed by atoms with E-state index in [0.717, 1.165) is 0 Å². The highest BCUT2D eigenvalue weighted by atomic mass is 16.4. The number of carbonyl (C=O) groups excluding carboxylic acids is 3. The van der Waals surface area contributed by atoms with Crippen molar-refractivity contribution in [2.45, 2.75) is 70.1 Å². The highest BCUT2D eigenvalue weighted by Crippen LogP contribution is 2.20. The second-order valence-corrected chi connectivity index (χ2v) is 9.13. The number of carboxylic acids is 1. The number of hydrogen-bond acceptors (Lipinski definition) is 7. The number of rotatable bonds is 12. The quantitative estimate of drug-likeness (QED) is 0.219. The molecule has 2 aromatic heterocycles. The average molecular weight is 503 g/mol. The topological polar surface area (TPSA) is 199 Å². The van der Waals surface area contributed by atoms with Gasteiger partial charge in [0.05, 0.1) is 18.7 Å². The van der Waals surface area contributed by atoms with Crippen molar-refractivity contribution in [1.82, 2.24) is 35.5 Å². The lowest BCUT2D eigenvalue weighted by Crippen LogP contribution is -2.58. The maximum absolute atomic E-state index is 13.2. The maximum Gasteiger partial charge on any atom is 0.326 e. The number of aliphatic carboxylic acids is 1. The first-order valence-electron chi connectivity index (χ1n) is 12.0. The van der Waals surface area contributed by atoms with Crippen LogP contribution in [-0.2, 0) is 32.0 Å². The monoisotopic (exact) mass is 502 g/mol. The third kappa shape index (κ3) is 6.68. The number of nitrogens with zero attached hydrogens (tertiary/aromatic N) is 3. The molecule has 3 amide bonds. The van der Waals surface area contributed by atoms with Gasteiger partial charge in [-0.3, -0.25) is 14.4 Å². The van der Waals surface area contributed by atoms with Crippen LogP contribution >= 0.6 is 0 Å². The van der Waals surface area contributed by atoms with Gasteiger partial charge in [-0.2, -0.15) is 0 Å². The number of aromatic amines is 2. The number of amides is 3. The Morgan fingerprint density at radius 1 is 1.14 bits per heavy atom. The second kappa shape index (κ2) is 12.3. The molecule has 13 nitrogen and oxygen atoms in total. The fraction of sp³-hybridized carbons (Fsp3) is 0.565. The predicted octanol–water partition coefficient (Wildman–Crippen LogP) is -0.663. The van der Waals surface area contributed by atoms with E-state index >= 15 is 0 Å². The number of hydrogen-bond donors (Lipinski definition) is 6. The van der Waals surface area contributed by atoms with Crippen molar-refractivity contribution in [1.29, 1.82) is 0 Å². The van der Waals surface area contributed by atoms with Crippen LogP contribution in [0.1, 0.15) is 44.5 Å². The third-order valence-corrected chi connectivity index (χ3v) is 6.54. The van der Waals surface area contributed by atoms with Crippen LogP contribution in [0.5, 0.6) is 0 Å². The number of imidazole rings is 2. The van der Waals surface area contributed by atoms with Crippen molar-refractivity contribution in [3.63, 3.8) is 0 Å². The molecule has 0 spiro atoms. The van der Waals surface area contributed by atoms with E-state index in [1.54, 1.807) is 13.1 Å². The summed E-state index contributed by atoms with van der Waals surface area (Å²) in [6, 6.07) is -3.77. The summed E-state index contributed by atoms with van der Waals surface area (Å²) in [5.74, 6) is -2.89. The number of nitrogens with two attached hydrogens (primary N) is 1. The Morgan fingerprint density at radius 3 is 2.33 bits per heavy atom. The van der Waals surface area contributed by atoms with Crippen LogP contribution in [0, 0.1) is 5.92 Å². The first kappa shape index (κ1) is 26.9. The Kier molecular flexibility index (Phi) is 9.17. The van der Waals surface area contributed by atoms with Gasteiger partial charge in [-0.1, -0.05) is 20.3 Å². The average Bonchev–Trinajstić information content (AvgIpc) is 3.63. The summed E-state index contributed by atoms with van der Waals surface area (Å²) in [7, 11) is 0. The Hall–Kier alpha value is -3.74. The van der Waals surface area contributed by atoms with Crippen molar-refractivity contribution < 1.29 is 24.3 Å². The molecule has 1 aliphatic rings. The van der Waals surface area contributed by atoms with Gasteiger partial charge in [0, 0.05) is 43.2 Å². The normalized spacial score (nSPS) is 18.8. The summed E-state index contributed by atoms with van der Waals surface area (Å²) in [6.45, 7) is 4.06. The lowest BCUT2D eigenvalue weighted by atomic mass is 9.97. The van der Waals surface area contributed by atoms with Gasteiger partial charge in [0.25, 0.3) is 0 Å². The molecule has 1 aliphatic heterocycles. The summed E-state index contributed by atoms with van der Waals surface area (Å²) >= 11 is 0. The first-order valence-corrected chi connectivity index (χ1v) is 12.0. The van der Waals surface area contributed by atoms with Gasteiger partial charge in [-0.05, 0) is 18.8 Å². The van der Waals surface area contributed by atoms with Crippen molar-refractivity contribution in [2.75, 3.05) is 6.54 Å². The molecule has 2 aromatic rings. The zero-order valence-electron chi connectivity index (χ0n) is 20.4. The molecule has 3 heterocycles. The summed E-state index contributed by atoms with van der Waals surface area (Å²) in [6.07, 6.45) is 7.92. The van der Waals surface area contributed by atoms with Crippen LogP contribution in [0.4, 0.5) is 0 Å². The van der Waals surface area contributed by atoms with Crippen LogP contribution in [-0.4, -0.2) is 84.3 Å².